The highest BCUT2D eigenvalue weighted by Gasteiger charge is 2.28. The molecule has 0 spiro atoms. The van der Waals surface area contributed by atoms with Crippen molar-refractivity contribution in [3.05, 3.63) is 24.3 Å². The van der Waals surface area contributed by atoms with Crippen LogP contribution in [-0.2, 0) is 14.6 Å². The minimum atomic E-state index is -3.40. The van der Waals surface area contributed by atoms with E-state index in [-0.39, 0.29) is 10.6 Å². The minimum Gasteiger partial charge on any atom is -0.324 e. The fourth-order valence-electron chi connectivity index (χ4n) is 1.50. The molecule has 106 valence electrons. The number of amides is 1. The van der Waals surface area contributed by atoms with Crippen LogP contribution >= 0.6 is 0 Å². The Morgan fingerprint density at radius 3 is 2.26 bits per heavy atom. The van der Waals surface area contributed by atoms with Gasteiger partial charge in [0.05, 0.1) is 16.6 Å². The molecule has 6 heteroatoms. The number of anilines is 1. The molecule has 0 aliphatic rings. The molecule has 0 fully saturated rings. The van der Waals surface area contributed by atoms with E-state index in [4.69, 9.17) is 5.73 Å². The van der Waals surface area contributed by atoms with Crippen molar-refractivity contribution in [1.29, 1.82) is 0 Å². The standard InChI is InChI=1S/C13H20N2O3S/c1-13(2,3)11(14)12(16)15-9-7-5-6-8-10(9)19(4,17)18/h5-8,11H,14H2,1-4H3,(H,15,16). The number of sulfone groups is 1. The zero-order valence-corrected chi connectivity index (χ0v) is 12.4. The van der Waals surface area contributed by atoms with Crippen LogP contribution in [0.15, 0.2) is 29.2 Å². The van der Waals surface area contributed by atoms with Crippen LogP contribution in [0, 0.1) is 5.41 Å². The van der Waals surface area contributed by atoms with E-state index in [1.165, 1.54) is 6.07 Å². The number of carbonyl (C=O) groups is 1. The van der Waals surface area contributed by atoms with Crippen molar-refractivity contribution < 1.29 is 13.2 Å². The van der Waals surface area contributed by atoms with E-state index >= 15 is 0 Å². The van der Waals surface area contributed by atoms with Crippen molar-refractivity contribution in [2.24, 2.45) is 11.1 Å². The molecule has 1 atom stereocenters. The monoisotopic (exact) mass is 284 g/mol. The Kier molecular flexibility index (Phi) is 4.37. The van der Waals surface area contributed by atoms with Crippen LogP contribution in [0.25, 0.3) is 0 Å². The van der Waals surface area contributed by atoms with Crippen molar-refractivity contribution in [2.75, 3.05) is 11.6 Å². The number of para-hydroxylation sites is 1. The molecular weight excluding hydrogens is 264 g/mol. The Labute approximate surface area is 114 Å². The Morgan fingerprint density at radius 2 is 1.79 bits per heavy atom. The van der Waals surface area contributed by atoms with E-state index in [9.17, 15) is 13.2 Å². The Bertz CT molecular complexity index is 574. The first kappa shape index (κ1) is 15.7. The highest BCUT2D eigenvalue weighted by molar-refractivity contribution is 7.90. The van der Waals surface area contributed by atoms with Crippen molar-refractivity contribution >= 4 is 21.4 Å². The molecule has 5 nitrogen and oxygen atoms in total. The summed E-state index contributed by atoms with van der Waals surface area (Å²) in [6.07, 6.45) is 1.10. The predicted molar refractivity (Wildman–Crippen MR) is 75.6 cm³/mol. The lowest BCUT2D eigenvalue weighted by atomic mass is 9.87. The smallest absolute Gasteiger partial charge is 0.241 e. The molecule has 1 unspecified atom stereocenters. The number of carbonyl (C=O) groups excluding carboxylic acids is 1. The van der Waals surface area contributed by atoms with Gasteiger partial charge < -0.3 is 11.1 Å². The van der Waals surface area contributed by atoms with Crippen LogP contribution in [0.1, 0.15) is 20.8 Å². The summed E-state index contributed by atoms with van der Waals surface area (Å²) in [5.74, 6) is -0.399. The Morgan fingerprint density at radius 1 is 1.26 bits per heavy atom. The van der Waals surface area contributed by atoms with Crippen molar-refractivity contribution in [3.8, 4) is 0 Å². The molecule has 0 saturated carbocycles. The average molecular weight is 284 g/mol. The van der Waals surface area contributed by atoms with Crippen molar-refractivity contribution in [1.82, 2.24) is 0 Å². The number of nitrogens with two attached hydrogens (primary N) is 1. The number of benzene rings is 1. The lowest BCUT2D eigenvalue weighted by Crippen LogP contribution is -2.45. The molecule has 0 saturated heterocycles. The third-order valence-electron chi connectivity index (χ3n) is 2.76. The molecule has 19 heavy (non-hydrogen) atoms. The zero-order chi connectivity index (χ0) is 14.8. The van der Waals surface area contributed by atoms with Crippen molar-refractivity contribution in [3.63, 3.8) is 0 Å². The van der Waals surface area contributed by atoms with Gasteiger partial charge in [-0.05, 0) is 17.5 Å². The van der Waals surface area contributed by atoms with Crippen LogP contribution in [0.4, 0.5) is 5.69 Å². The van der Waals surface area contributed by atoms with Crippen LogP contribution < -0.4 is 11.1 Å². The summed E-state index contributed by atoms with van der Waals surface area (Å²) in [5.41, 5.74) is 5.70. The van der Waals surface area contributed by atoms with Crippen LogP contribution in [0.5, 0.6) is 0 Å². The molecule has 1 rings (SSSR count). The molecule has 1 aromatic carbocycles. The van der Waals surface area contributed by atoms with E-state index < -0.39 is 27.2 Å². The maximum absolute atomic E-state index is 12.0. The molecule has 0 heterocycles. The summed E-state index contributed by atoms with van der Waals surface area (Å²) < 4.78 is 23.2. The highest BCUT2D eigenvalue weighted by atomic mass is 32.2. The van der Waals surface area contributed by atoms with Gasteiger partial charge in [-0.15, -0.1) is 0 Å². The maximum atomic E-state index is 12.0. The first-order valence-corrected chi connectivity index (χ1v) is 7.78. The second kappa shape index (κ2) is 5.30. The van der Waals surface area contributed by atoms with E-state index in [0.717, 1.165) is 6.26 Å². The number of nitrogens with one attached hydrogen (secondary N) is 1. The van der Waals surface area contributed by atoms with Gasteiger partial charge in [0, 0.05) is 6.26 Å². The fourth-order valence-corrected chi connectivity index (χ4v) is 2.34. The first-order valence-electron chi connectivity index (χ1n) is 5.89. The second-order valence-corrected chi connectivity index (χ2v) is 7.59. The van der Waals surface area contributed by atoms with Gasteiger partial charge in [-0.25, -0.2) is 8.42 Å². The highest BCUT2D eigenvalue weighted by Crippen LogP contribution is 2.23. The van der Waals surface area contributed by atoms with Gasteiger partial charge in [0.1, 0.15) is 0 Å². The van der Waals surface area contributed by atoms with Gasteiger partial charge in [0.15, 0.2) is 9.84 Å². The fraction of sp³-hybridized carbons (Fsp3) is 0.462. The van der Waals surface area contributed by atoms with E-state index in [2.05, 4.69) is 5.32 Å². The molecule has 3 N–H and O–H groups in total. The van der Waals surface area contributed by atoms with E-state index in [1.54, 1.807) is 18.2 Å². The van der Waals surface area contributed by atoms with Gasteiger partial charge in [-0.2, -0.15) is 0 Å². The molecule has 0 aliphatic heterocycles. The number of hydrogen-bond acceptors (Lipinski definition) is 4. The number of rotatable bonds is 3. The van der Waals surface area contributed by atoms with Crippen molar-refractivity contribution in [2.45, 2.75) is 31.7 Å². The number of hydrogen-bond donors (Lipinski definition) is 2. The minimum absolute atomic E-state index is 0.0875. The van der Waals surface area contributed by atoms with E-state index in [1.807, 2.05) is 20.8 Å². The van der Waals surface area contributed by atoms with Gasteiger partial charge in [-0.1, -0.05) is 32.9 Å². The summed E-state index contributed by atoms with van der Waals surface area (Å²) in [6, 6.07) is 5.54. The summed E-state index contributed by atoms with van der Waals surface area (Å²) in [4.78, 5) is 12.1. The average Bonchev–Trinajstić information content (AvgIpc) is 2.26. The molecule has 0 bridgehead atoms. The summed E-state index contributed by atoms with van der Waals surface area (Å²) in [6.45, 7) is 5.54. The Balaban J connectivity index is 3.05. The van der Waals surface area contributed by atoms with E-state index in [0.29, 0.717) is 0 Å². The van der Waals surface area contributed by atoms with Gasteiger partial charge >= 0.3 is 0 Å². The quantitative estimate of drug-likeness (QED) is 0.878. The third kappa shape index (κ3) is 4.04. The topological polar surface area (TPSA) is 89.3 Å². The lowest BCUT2D eigenvalue weighted by Gasteiger charge is -2.26. The summed E-state index contributed by atoms with van der Waals surface area (Å²) in [7, 11) is -3.40. The summed E-state index contributed by atoms with van der Waals surface area (Å²) in [5, 5.41) is 2.58. The molecule has 1 amide bonds. The molecule has 1 aromatic rings. The van der Waals surface area contributed by atoms with Gasteiger partial charge in [0.25, 0.3) is 0 Å². The predicted octanol–water partition coefficient (Wildman–Crippen LogP) is 1.40. The zero-order valence-electron chi connectivity index (χ0n) is 11.6. The Hall–Kier alpha value is -1.40. The molecular formula is C13H20N2O3S. The second-order valence-electron chi connectivity index (χ2n) is 5.60. The third-order valence-corrected chi connectivity index (χ3v) is 3.91. The van der Waals surface area contributed by atoms with Crippen LogP contribution in [0.3, 0.4) is 0 Å². The van der Waals surface area contributed by atoms with Gasteiger partial charge in [0.2, 0.25) is 5.91 Å². The van der Waals surface area contributed by atoms with Gasteiger partial charge in [-0.3, -0.25) is 4.79 Å². The first-order chi connectivity index (χ1) is 8.53. The largest absolute Gasteiger partial charge is 0.324 e. The van der Waals surface area contributed by atoms with Crippen LogP contribution in [-0.4, -0.2) is 26.6 Å². The normalized spacial score (nSPS) is 13.9. The molecule has 0 aliphatic carbocycles. The molecule has 0 radical (unpaired) electrons. The molecule has 0 aromatic heterocycles. The lowest BCUT2D eigenvalue weighted by molar-refractivity contribution is -0.119. The summed E-state index contributed by atoms with van der Waals surface area (Å²) >= 11 is 0. The maximum Gasteiger partial charge on any atom is 0.241 e. The van der Waals surface area contributed by atoms with Crippen LogP contribution in [0.2, 0.25) is 0 Å². The SMILES string of the molecule is CC(C)(C)C(N)C(=O)Nc1ccccc1S(C)(=O)=O.